The molecule has 1 amide bonds. The summed E-state index contributed by atoms with van der Waals surface area (Å²) in [4.78, 5) is 32.8. The van der Waals surface area contributed by atoms with Crippen molar-refractivity contribution >= 4 is 11.7 Å². The predicted octanol–water partition coefficient (Wildman–Crippen LogP) is 2.80. The second-order valence-electron chi connectivity index (χ2n) is 10.3. The minimum absolute atomic E-state index is 0.0161. The fourth-order valence-corrected chi connectivity index (χ4v) is 5.93. The number of aromatic amines is 1. The molecule has 11 heteroatoms. The molecular weight excluding hydrogens is 499 g/mol. The Kier molecular flexibility index (Phi) is 6.72. The van der Waals surface area contributed by atoms with Crippen molar-refractivity contribution in [2.75, 3.05) is 31.1 Å². The van der Waals surface area contributed by atoms with Gasteiger partial charge in [-0.05, 0) is 23.8 Å². The van der Waals surface area contributed by atoms with E-state index >= 15 is 0 Å². The van der Waals surface area contributed by atoms with Crippen molar-refractivity contribution < 1.29 is 23.1 Å². The van der Waals surface area contributed by atoms with Crippen LogP contribution in [0.15, 0.2) is 53.5 Å². The lowest BCUT2D eigenvalue weighted by molar-refractivity contribution is -0.152. The van der Waals surface area contributed by atoms with E-state index in [-0.39, 0.29) is 55.2 Å². The Morgan fingerprint density at radius 2 is 1.68 bits per heavy atom. The molecule has 200 valence electrons. The highest BCUT2D eigenvalue weighted by Crippen LogP contribution is 2.43. The van der Waals surface area contributed by atoms with Crippen LogP contribution in [0, 0.1) is 35.2 Å². The van der Waals surface area contributed by atoms with Crippen LogP contribution >= 0.6 is 0 Å². The van der Waals surface area contributed by atoms with Crippen LogP contribution < -0.4 is 10.5 Å². The molecule has 2 saturated heterocycles. The number of hydrogen-bond donors (Lipinski definition) is 2. The van der Waals surface area contributed by atoms with Crippen LogP contribution in [0.3, 0.4) is 0 Å². The Labute approximate surface area is 217 Å². The fraction of sp³-hybridized carbons (Fsp3) is 0.407. The molecule has 0 aliphatic carbocycles. The van der Waals surface area contributed by atoms with Gasteiger partial charge in [0, 0.05) is 56.1 Å². The molecule has 2 aliphatic rings. The average Bonchev–Trinajstić information content (AvgIpc) is 3.32. The summed E-state index contributed by atoms with van der Waals surface area (Å²) < 4.78 is 41.9. The van der Waals surface area contributed by atoms with Crippen molar-refractivity contribution in [2.45, 2.75) is 25.4 Å². The highest BCUT2D eigenvalue weighted by atomic mass is 19.1. The third kappa shape index (κ3) is 4.55. The van der Waals surface area contributed by atoms with Crippen LogP contribution in [0.4, 0.5) is 19.0 Å². The number of nitrogens with zero attached hydrogens (tertiary/aromatic N) is 4. The molecule has 5 rings (SSSR count). The van der Waals surface area contributed by atoms with Crippen molar-refractivity contribution in [1.29, 1.82) is 0 Å². The van der Waals surface area contributed by atoms with Crippen molar-refractivity contribution in [3.63, 3.8) is 0 Å². The van der Waals surface area contributed by atoms with E-state index in [1.54, 1.807) is 21.9 Å². The molecule has 0 saturated carbocycles. The maximum absolute atomic E-state index is 14.8. The maximum atomic E-state index is 14.8. The first kappa shape index (κ1) is 25.9. The molecule has 2 aliphatic heterocycles. The maximum Gasteiger partial charge on any atom is 0.264 e. The number of likely N-dealkylation sites (tertiary alicyclic amines) is 1. The quantitative estimate of drug-likeness (QED) is 0.541. The summed E-state index contributed by atoms with van der Waals surface area (Å²) in [5.41, 5.74) is -1.08. The molecule has 1 unspecified atom stereocenters. The standard InChI is InChI=1S/C27H28F3N5O3/c1-15-11-35(12-16(2)27(15,38)17-3-5-18(28)6-4-17)26(37)21-14-34(23-7-8-24(36)33-32-23)13-20(21)25-22(30)9-19(29)10-31-25/h3-10,15-16,20-21,38H,11-14H2,1-2H3,(H,33,36)/t15-,16+,20-,21-,27?/m1/s1. The zero-order valence-corrected chi connectivity index (χ0v) is 20.9. The molecule has 0 bridgehead atoms. The van der Waals surface area contributed by atoms with Crippen LogP contribution in [-0.4, -0.2) is 57.3 Å². The van der Waals surface area contributed by atoms with Gasteiger partial charge in [0.25, 0.3) is 5.56 Å². The number of aliphatic hydroxyl groups is 1. The number of H-pyrrole nitrogens is 1. The first-order valence-electron chi connectivity index (χ1n) is 12.5. The number of piperidine rings is 1. The molecule has 38 heavy (non-hydrogen) atoms. The van der Waals surface area contributed by atoms with E-state index in [0.29, 0.717) is 11.4 Å². The molecule has 4 heterocycles. The molecule has 2 N–H and O–H groups in total. The second-order valence-corrected chi connectivity index (χ2v) is 10.3. The zero-order valence-electron chi connectivity index (χ0n) is 20.9. The predicted molar refractivity (Wildman–Crippen MR) is 133 cm³/mol. The van der Waals surface area contributed by atoms with Crippen LogP contribution in [0.1, 0.15) is 31.0 Å². The first-order valence-corrected chi connectivity index (χ1v) is 12.5. The number of amides is 1. The van der Waals surface area contributed by atoms with Gasteiger partial charge in [0.15, 0.2) is 0 Å². The van der Waals surface area contributed by atoms with Gasteiger partial charge in [0.2, 0.25) is 5.91 Å². The van der Waals surface area contributed by atoms with Gasteiger partial charge in [-0.3, -0.25) is 14.6 Å². The summed E-state index contributed by atoms with van der Waals surface area (Å²) >= 11 is 0. The lowest BCUT2D eigenvalue weighted by atomic mass is 9.70. The third-order valence-corrected chi connectivity index (χ3v) is 7.92. The van der Waals surface area contributed by atoms with Crippen molar-refractivity contribution in [3.8, 4) is 0 Å². The van der Waals surface area contributed by atoms with Crippen LogP contribution in [-0.2, 0) is 10.4 Å². The van der Waals surface area contributed by atoms with E-state index in [1.807, 2.05) is 13.8 Å². The third-order valence-electron chi connectivity index (χ3n) is 7.92. The van der Waals surface area contributed by atoms with Crippen molar-refractivity contribution in [2.24, 2.45) is 17.8 Å². The molecular formula is C27H28F3N5O3. The van der Waals surface area contributed by atoms with E-state index in [4.69, 9.17) is 0 Å². The largest absolute Gasteiger partial charge is 0.384 e. The number of anilines is 1. The summed E-state index contributed by atoms with van der Waals surface area (Å²) in [6.45, 7) is 4.51. The van der Waals surface area contributed by atoms with Gasteiger partial charge in [-0.25, -0.2) is 18.3 Å². The summed E-state index contributed by atoms with van der Waals surface area (Å²) in [5.74, 6) is -4.06. The number of halogens is 3. The number of pyridine rings is 1. The van der Waals surface area contributed by atoms with Gasteiger partial charge in [-0.2, -0.15) is 5.10 Å². The summed E-state index contributed by atoms with van der Waals surface area (Å²) in [5, 5.41) is 18.0. The van der Waals surface area contributed by atoms with Gasteiger partial charge in [0.1, 0.15) is 23.3 Å². The van der Waals surface area contributed by atoms with Crippen molar-refractivity contribution in [1.82, 2.24) is 20.1 Å². The minimum atomic E-state index is -1.27. The fourth-order valence-electron chi connectivity index (χ4n) is 5.93. The van der Waals surface area contributed by atoms with E-state index < -0.39 is 34.9 Å². The van der Waals surface area contributed by atoms with Gasteiger partial charge < -0.3 is 14.9 Å². The monoisotopic (exact) mass is 527 g/mol. The molecule has 5 atom stereocenters. The van der Waals surface area contributed by atoms with Crippen LogP contribution in [0.5, 0.6) is 0 Å². The van der Waals surface area contributed by atoms with Crippen LogP contribution in [0.25, 0.3) is 0 Å². The Bertz CT molecular complexity index is 1370. The SMILES string of the molecule is C[C@@H]1CN(C(=O)[C@@H]2CN(c3ccc(=O)[nH]n3)C[C@H]2c2ncc(F)cc2F)C[C@H](C)C1(O)c1ccc(F)cc1. The Morgan fingerprint density at radius 3 is 2.29 bits per heavy atom. The molecule has 2 aromatic heterocycles. The number of benzene rings is 1. The van der Waals surface area contributed by atoms with Gasteiger partial charge in [-0.1, -0.05) is 26.0 Å². The lowest BCUT2D eigenvalue weighted by Crippen LogP contribution is -2.57. The lowest BCUT2D eigenvalue weighted by Gasteiger charge is -2.48. The number of carbonyl (C=O) groups is 1. The number of aromatic nitrogens is 3. The highest BCUT2D eigenvalue weighted by molar-refractivity contribution is 5.81. The molecule has 8 nitrogen and oxygen atoms in total. The zero-order chi connectivity index (χ0) is 27.2. The Balaban J connectivity index is 1.43. The van der Waals surface area contributed by atoms with E-state index in [1.165, 1.54) is 24.3 Å². The Morgan fingerprint density at radius 1 is 1.00 bits per heavy atom. The number of hydrogen-bond acceptors (Lipinski definition) is 6. The van der Waals surface area contributed by atoms with Crippen LogP contribution in [0.2, 0.25) is 0 Å². The smallest absolute Gasteiger partial charge is 0.264 e. The van der Waals surface area contributed by atoms with E-state index in [9.17, 15) is 27.9 Å². The summed E-state index contributed by atoms with van der Waals surface area (Å²) in [6.07, 6.45) is 0.925. The molecule has 2 fully saturated rings. The second kappa shape index (κ2) is 9.86. The summed E-state index contributed by atoms with van der Waals surface area (Å²) in [6, 6.07) is 9.31. The first-order chi connectivity index (χ1) is 18.1. The average molecular weight is 528 g/mol. The number of carbonyl (C=O) groups excluding carboxylic acids is 1. The highest BCUT2D eigenvalue weighted by Gasteiger charge is 2.49. The molecule has 0 spiro atoms. The molecule has 3 aromatic rings. The number of nitrogens with one attached hydrogen (secondary N) is 1. The molecule has 0 radical (unpaired) electrons. The van der Waals surface area contributed by atoms with E-state index in [0.717, 1.165) is 12.3 Å². The molecule has 1 aromatic carbocycles. The van der Waals surface area contributed by atoms with Gasteiger partial charge in [-0.15, -0.1) is 0 Å². The topological polar surface area (TPSA) is 102 Å². The minimum Gasteiger partial charge on any atom is -0.384 e. The van der Waals surface area contributed by atoms with Crippen molar-refractivity contribution in [3.05, 3.63) is 87.7 Å². The summed E-state index contributed by atoms with van der Waals surface area (Å²) in [7, 11) is 0. The number of rotatable bonds is 4. The Hall–Kier alpha value is -3.73. The van der Waals surface area contributed by atoms with Gasteiger partial charge >= 0.3 is 0 Å². The van der Waals surface area contributed by atoms with Gasteiger partial charge in [0.05, 0.1) is 23.4 Å². The normalized spacial score (nSPS) is 27.5. The van der Waals surface area contributed by atoms with E-state index in [2.05, 4.69) is 15.2 Å².